The summed E-state index contributed by atoms with van der Waals surface area (Å²) in [6.45, 7) is 3.81. The molecule has 1 atom stereocenters. The Morgan fingerprint density at radius 1 is 1.35 bits per heavy atom. The summed E-state index contributed by atoms with van der Waals surface area (Å²) >= 11 is 0. The average Bonchev–Trinajstić information content (AvgIpc) is 2.80. The first kappa shape index (κ1) is 14.5. The molecular weight excluding hydrogens is 250 g/mol. The number of hydrogen-bond acceptors (Lipinski definition) is 3. The van der Waals surface area contributed by atoms with Crippen LogP contribution in [-0.4, -0.2) is 15.6 Å². The third-order valence-corrected chi connectivity index (χ3v) is 3.68. The van der Waals surface area contributed by atoms with Gasteiger partial charge in [-0.2, -0.15) is 5.10 Å². The maximum atomic E-state index is 12.5. The van der Waals surface area contributed by atoms with E-state index < -0.39 is 5.54 Å². The van der Waals surface area contributed by atoms with Gasteiger partial charge in [-0.15, -0.1) is 0 Å². The van der Waals surface area contributed by atoms with Crippen LogP contribution in [0.3, 0.4) is 0 Å². The molecular formula is C16H21N3O. The molecule has 2 aromatic rings. The molecule has 1 heterocycles. The minimum Gasteiger partial charge on any atom is -0.315 e. The fourth-order valence-electron chi connectivity index (χ4n) is 2.20. The summed E-state index contributed by atoms with van der Waals surface area (Å²) in [6, 6.07) is 11.5. The van der Waals surface area contributed by atoms with Gasteiger partial charge in [-0.25, -0.2) is 0 Å². The van der Waals surface area contributed by atoms with Gasteiger partial charge in [0, 0.05) is 12.7 Å². The molecule has 0 fully saturated rings. The Kier molecular flexibility index (Phi) is 4.04. The zero-order valence-corrected chi connectivity index (χ0v) is 12.3. The Bertz CT molecular complexity index is 599. The van der Waals surface area contributed by atoms with Gasteiger partial charge in [-0.05, 0) is 25.0 Å². The van der Waals surface area contributed by atoms with Gasteiger partial charge in [-0.3, -0.25) is 9.48 Å². The van der Waals surface area contributed by atoms with Gasteiger partial charge in [0.1, 0.15) is 0 Å². The minimum atomic E-state index is -0.974. The lowest BCUT2D eigenvalue weighted by atomic mass is 9.86. The van der Waals surface area contributed by atoms with Crippen molar-refractivity contribution in [3.63, 3.8) is 0 Å². The van der Waals surface area contributed by atoms with E-state index in [-0.39, 0.29) is 5.78 Å². The molecule has 4 nitrogen and oxygen atoms in total. The van der Waals surface area contributed by atoms with Crippen LogP contribution in [0.2, 0.25) is 0 Å². The molecule has 0 aliphatic heterocycles. The third kappa shape index (κ3) is 2.80. The van der Waals surface area contributed by atoms with Crippen LogP contribution in [-0.2, 0) is 30.2 Å². The van der Waals surface area contributed by atoms with E-state index in [0.29, 0.717) is 6.42 Å². The maximum Gasteiger partial charge on any atom is 0.162 e. The van der Waals surface area contributed by atoms with Crippen molar-refractivity contribution >= 4 is 5.78 Å². The van der Waals surface area contributed by atoms with Crippen LogP contribution in [0.1, 0.15) is 30.8 Å². The van der Waals surface area contributed by atoms with Crippen molar-refractivity contribution in [2.24, 2.45) is 12.8 Å². The first-order valence-electron chi connectivity index (χ1n) is 6.84. The van der Waals surface area contributed by atoms with Crippen molar-refractivity contribution < 1.29 is 4.79 Å². The van der Waals surface area contributed by atoms with Gasteiger partial charge >= 0.3 is 0 Å². The lowest BCUT2D eigenvalue weighted by molar-refractivity contribution is -0.123. The lowest BCUT2D eigenvalue weighted by Gasteiger charge is -2.23. The number of carbonyl (C=O) groups excluding carboxylic acids is 1. The summed E-state index contributed by atoms with van der Waals surface area (Å²) in [6.07, 6.45) is 1.16. The topological polar surface area (TPSA) is 60.9 Å². The zero-order valence-electron chi connectivity index (χ0n) is 12.3. The zero-order chi connectivity index (χ0) is 14.8. The average molecular weight is 271 g/mol. The number of hydrogen-bond donors (Lipinski definition) is 1. The lowest BCUT2D eigenvalue weighted by Crippen LogP contribution is -2.43. The summed E-state index contributed by atoms with van der Waals surface area (Å²) in [5.74, 6) is -0.00523. The van der Waals surface area contributed by atoms with Crippen LogP contribution >= 0.6 is 0 Å². The Labute approximate surface area is 119 Å². The van der Waals surface area contributed by atoms with E-state index in [1.165, 1.54) is 0 Å². The molecule has 1 unspecified atom stereocenters. The number of aryl methyl sites for hydroxylation is 2. The SMILES string of the molecule is CCc1cc(CC(=O)C(C)(N)c2ccccc2)n(C)n1. The number of aromatic nitrogens is 2. The van der Waals surface area contributed by atoms with Gasteiger partial charge in [0.2, 0.25) is 0 Å². The first-order chi connectivity index (χ1) is 9.45. The van der Waals surface area contributed by atoms with Crippen molar-refractivity contribution in [3.8, 4) is 0 Å². The van der Waals surface area contributed by atoms with Crippen LogP contribution in [0.4, 0.5) is 0 Å². The first-order valence-corrected chi connectivity index (χ1v) is 6.84. The summed E-state index contributed by atoms with van der Waals surface area (Å²) in [7, 11) is 1.86. The van der Waals surface area contributed by atoms with E-state index >= 15 is 0 Å². The summed E-state index contributed by atoms with van der Waals surface area (Å²) in [5.41, 5.74) is 8.00. The van der Waals surface area contributed by atoms with Gasteiger partial charge < -0.3 is 5.73 Å². The highest BCUT2D eigenvalue weighted by molar-refractivity contribution is 5.90. The van der Waals surface area contributed by atoms with Crippen LogP contribution in [0.5, 0.6) is 0 Å². The molecule has 0 saturated heterocycles. The number of carbonyl (C=O) groups is 1. The Balaban J connectivity index is 2.21. The van der Waals surface area contributed by atoms with Crippen LogP contribution in [0, 0.1) is 0 Å². The largest absolute Gasteiger partial charge is 0.315 e. The van der Waals surface area contributed by atoms with E-state index in [4.69, 9.17) is 5.73 Å². The standard InChI is InChI=1S/C16H21N3O/c1-4-13-10-14(19(3)18-13)11-15(20)16(2,17)12-8-6-5-7-9-12/h5-10H,4,11,17H2,1-3H3. The fourth-order valence-corrected chi connectivity index (χ4v) is 2.20. The molecule has 106 valence electrons. The van der Waals surface area contributed by atoms with E-state index in [9.17, 15) is 4.79 Å². The molecule has 0 radical (unpaired) electrons. The number of rotatable bonds is 5. The molecule has 2 N–H and O–H groups in total. The van der Waals surface area contributed by atoms with E-state index in [1.807, 2.05) is 50.4 Å². The van der Waals surface area contributed by atoms with Crippen LogP contribution in [0.25, 0.3) is 0 Å². The number of benzene rings is 1. The highest BCUT2D eigenvalue weighted by Gasteiger charge is 2.30. The quantitative estimate of drug-likeness (QED) is 0.904. The van der Waals surface area contributed by atoms with E-state index in [1.54, 1.807) is 11.6 Å². The smallest absolute Gasteiger partial charge is 0.162 e. The third-order valence-electron chi connectivity index (χ3n) is 3.68. The monoisotopic (exact) mass is 271 g/mol. The Morgan fingerprint density at radius 3 is 2.55 bits per heavy atom. The molecule has 2 rings (SSSR count). The van der Waals surface area contributed by atoms with Gasteiger partial charge in [0.05, 0.1) is 17.7 Å². The summed E-state index contributed by atoms with van der Waals surface area (Å²) in [4.78, 5) is 12.5. The van der Waals surface area contributed by atoms with Crippen molar-refractivity contribution in [1.29, 1.82) is 0 Å². The Hall–Kier alpha value is -1.94. The Morgan fingerprint density at radius 2 is 2.00 bits per heavy atom. The minimum absolute atomic E-state index is 0.00523. The second-order valence-electron chi connectivity index (χ2n) is 5.27. The van der Waals surface area contributed by atoms with Crippen LogP contribution < -0.4 is 5.73 Å². The fraction of sp³-hybridized carbons (Fsp3) is 0.375. The number of nitrogens with zero attached hydrogens (tertiary/aromatic N) is 2. The molecule has 0 saturated carbocycles. The van der Waals surface area contributed by atoms with Crippen molar-refractivity contribution in [3.05, 3.63) is 53.3 Å². The van der Waals surface area contributed by atoms with Crippen molar-refractivity contribution in [2.45, 2.75) is 32.2 Å². The highest BCUT2D eigenvalue weighted by Crippen LogP contribution is 2.20. The van der Waals surface area contributed by atoms with Crippen molar-refractivity contribution in [1.82, 2.24) is 9.78 Å². The molecule has 0 bridgehead atoms. The second kappa shape index (κ2) is 5.59. The molecule has 0 amide bonds. The predicted octanol–water partition coefficient (Wildman–Crippen LogP) is 1.97. The predicted molar refractivity (Wildman–Crippen MR) is 79.3 cm³/mol. The van der Waals surface area contributed by atoms with Gasteiger partial charge in [0.25, 0.3) is 0 Å². The number of nitrogens with two attached hydrogens (primary N) is 1. The van der Waals surface area contributed by atoms with Gasteiger partial charge in [0.15, 0.2) is 5.78 Å². The summed E-state index contributed by atoms with van der Waals surface area (Å²) < 4.78 is 1.76. The maximum absolute atomic E-state index is 12.5. The van der Waals surface area contributed by atoms with E-state index in [2.05, 4.69) is 5.10 Å². The summed E-state index contributed by atoms with van der Waals surface area (Å²) in [5, 5.41) is 4.36. The highest BCUT2D eigenvalue weighted by atomic mass is 16.1. The van der Waals surface area contributed by atoms with Crippen LogP contribution in [0.15, 0.2) is 36.4 Å². The number of ketones is 1. The van der Waals surface area contributed by atoms with Crippen molar-refractivity contribution in [2.75, 3.05) is 0 Å². The molecule has 0 aliphatic rings. The normalized spacial score (nSPS) is 14.0. The molecule has 20 heavy (non-hydrogen) atoms. The second-order valence-corrected chi connectivity index (χ2v) is 5.27. The van der Waals surface area contributed by atoms with E-state index in [0.717, 1.165) is 23.4 Å². The molecule has 0 aliphatic carbocycles. The molecule has 1 aromatic heterocycles. The van der Waals surface area contributed by atoms with Gasteiger partial charge in [-0.1, -0.05) is 37.3 Å². The number of Topliss-reactive ketones (excluding diaryl/α,β-unsaturated/α-hetero) is 1. The molecule has 4 heteroatoms. The molecule has 1 aromatic carbocycles. The molecule has 0 spiro atoms.